The highest BCUT2D eigenvalue weighted by atomic mass is 79.9. The largest absolute Gasteiger partial charge is 0.0894 e. The average molecular weight is 493 g/mol. The zero-order valence-corrected chi connectivity index (χ0v) is 20.1. The molecule has 0 aromatic heterocycles. The second-order valence-electron chi connectivity index (χ2n) is 8.47. The van der Waals surface area contributed by atoms with E-state index in [1.165, 1.54) is 48.4 Å². The summed E-state index contributed by atoms with van der Waals surface area (Å²) in [6.07, 6.45) is 0. The molecule has 0 saturated heterocycles. The van der Waals surface area contributed by atoms with Gasteiger partial charge in [0.25, 0.3) is 0 Å². The van der Waals surface area contributed by atoms with Crippen LogP contribution in [0.1, 0.15) is 23.6 Å². The lowest BCUT2D eigenvalue weighted by atomic mass is 9.68. The van der Waals surface area contributed by atoms with Gasteiger partial charge in [0.1, 0.15) is 0 Å². The van der Waals surface area contributed by atoms with Crippen LogP contribution in [0.15, 0.2) is 123 Å². The van der Waals surface area contributed by atoms with Gasteiger partial charge in [0, 0.05) is 19.7 Å². The first-order valence-electron chi connectivity index (χ1n) is 10.8. The summed E-state index contributed by atoms with van der Waals surface area (Å²) in [6.45, 7) is 2.39. The number of hydrogen-bond donors (Lipinski definition) is 0. The molecular formula is C30H21BrS. The fourth-order valence-corrected chi connectivity index (χ4v) is 6.69. The van der Waals surface area contributed by atoms with Crippen molar-refractivity contribution in [3.8, 4) is 11.1 Å². The van der Waals surface area contributed by atoms with Crippen molar-refractivity contribution in [1.82, 2.24) is 0 Å². The minimum absolute atomic E-state index is 0.261. The molecular weight excluding hydrogens is 472 g/mol. The van der Waals surface area contributed by atoms with Crippen molar-refractivity contribution in [2.24, 2.45) is 0 Å². The number of hydrogen-bond acceptors (Lipinski definition) is 1. The van der Waals surface area contributed by atoms with Gasteiger partial charge in [-0.15, -0.1) is 0 Å². The first kappa shape index (κ1) is 19.8. The molecule has 0 fully saturated rings. The van der Waals surface area contributed by atoms with Crippen LogP contribution in [0, 0.1) is 0 Å². The number of rotatable bonds is 2. The lowest BCUT2D eigenvalue weighted by Gasteiger charge is -2.39. The second kappa shape index (κ2) is 7.65. The molecule has 0 radical (unpaired) electrons. The van der Waals surface area contributed by atoms with Crippen molar-refractivity contribution in [3.05, 3.63) is 130 Å². The second-order valence-corrected chi connectivity index (χ2v) is 10.5. The SMILES string of the molecule is CC1(c2cc(Br)ccc2-c2ccc3ccccc3c2)c2ccccc2Sc2ccccc21. The smallest absolute Gasteiger partial charge is 0.0452 e. The van der Waals surface area contributed by atoms with Crippen LogP contribution >= 0.6 is 27.7 Å². The van der Waals surface area contributed by atoms with E-state index < -0.39 is 0 Å². The Morgan fingerprint density at radius 1 is 0.594 bits per heavy atom. The Balaban J connectivity index is 1.67. The summed E-state index contributed by atoms with van der Waals surface area (Å²) in [5.74, 6) is 0. The van der Waals surface area contributed by atoms with Crippen LogP contribution in [0.2, 0.25) is 0 Å². The molecule has 0 aliphatic carbocycles. The molecule has 0 bridgehead atoms. The normalized spacial score (nSPS) is 14.1. The Bertz CT molecular complexity index is 1440. The average Bonchev–Trinajstić information content (AvgIpc) is 2.84. The van der Waals surface area contributed by atoms with E-state index in [0.717, 1.165) is 4.47 Å². The third-order valence-electron chi connectivity index (χ3n) is 6.65. The van der Waals surface area contributed by atoms with Crippen LogP contribution in [0.3, 0.4) is 0 Å². The van der Waals surface area contributed by atoms with Gasteiger partial charge < -0.3 is 0 Å². The Morgan fingerprint density at radius 2 is 1.22 bits per heavy atom. The monoisotopic (exact) mass is 492 g/mol. The van der Waals surface area contributed by atoms with Gasteiger partial charge >= 0.3 is 0 Å². The Kier molecular flexibility index (Phi) is 4.74. The van der Waals surface area contributed by atoms with Crippen LogP contribution in [0.4, 0.5) is 0 Å². The number of benzene rings is 5. The van der Waals surface area contributed by atoms with Gasteiger partial charge in [-0.05, 0) is 75.8 Å². The van der Waals surface area contributed by atoms with Crippen molar-refractivity contribution >= 4 is 38.5 Å². The van der Waals surface area contributed by atoms with Crippen LogP contribution < -0.4 is 0 Å². The third-order valence-corrected chi connectivity index (χ3v) is 8.30. The summed E-state index contributed by atoms with van der Waals surface area (Å²) >= 11 is 5.65. The van der Waals surface area contributed by atoms with Crippen molar-refractivity contribution in [1.29, 1.82) is 0 Å². The number of fused-ring (bicyclic) bond motifs is 3. The third kappa shape index (κ3) is 3.05. The molecule has 0 nitrogen and oxygen atoms in total. The predicted molar refractivity (Wildman–Crippen MR) is 140 cm³/mol. The molecule has 6 rings (SSSR count). The molecule has 5 aromatic carbocycles. The van der Waals surface area contributed by atoms with Crippen molar-refractivity contribution in [2.45, 2.75) is 22.1 Å². The Hall–Kier alpha value is -2.81. The van der Waals surface area contributed by atoms with Crippen LogP contribution in [0.5, 0.6) is 0 Å². The molecule has 0 spiro atoms. The summed E-state index contributed by atoms with van der Waals surface area (Å²) in [6, 6.07) is 39.8. The molecule has 154 valence electrons. The molecule has 0 saturated carbocycles. The Labute approximate surface area is 201 Å². The molecule has 2 heteroatoms. The van der Waals surface area contributed by atoms with E-state index in [1.54, 1.807) is 0 Å². The maximum Gasteiger partial charge on any atom is 0.0452 e. The molecule has 32 heavy (non-hydrogen) atoms. The van der Waals surface area contributed by atoms with E-state index in [0.29, 0.717) is 0 Å². The van der Waals surface area contributed by atoms with Crippen LogP contribution in [-0.2, 0) is 5.41 Å². The van der Waals surface area contributed by atoms with E-state index >= 15 is 0 Å². The summed E-state index contributed by atoms with van der Waals surface area (Å²) in [4.78, 5) is 2.66. The lowest BCUT2D eigenvalue weighted by molar-refractivity contribution is 0.656. The van der Waals surface area contributed by atoms with Gasteiger partial charge in [0.15, 0.2) is 0 Å². The fourth-order valence-electron chi connectivity index (χ4n) is 5.03. The van der Waals surface area contributed by atoms with E-state index in [2.05, 4.69) is 132 Å². The zero-order chi connectivity index (χ0) is 21.7. The quantitative estimate of drug-likeness (QED) is 0.236. The maximum absolute atomic E-state index is 3.77. The van der Waals surface area contributed by atoms with E-state index in [9.17, 15) is 0 Å². The summed E-state index contributed by atoms with van der Waals surface area (Å²) < 4.78 is 1.10. The molecule has 0 amide bonds. The lowest BCUT2D eigenvalue weighted by Crippen LogP contribution is -2.29. The number of halogens is 1. The first-order valence-corrected chi connectivity index (χ1v) is 12.4. The van der Waals surface area contributed by atoms with Crippen LogP contribution in [0.25, 0.3) is 21.9 Å². The molecule has 1 heterocycles. The molecule has 0 unspecified atom stereocenters. The maximum atomic E-state index is 3.77. The molecule has 5 aromatic rings. The topological polar surface area (TPSA) is 0 Å². The van der Waals surface area contributed by atoms with Crippen LogP contribution in [-0.4, -0.2) is 0 Å². The predicted octanol–water partition coefficient (Wildman–Crippen LogP) is 9.09. The van der Waals surface area contributed by atoms with Crippen molar-refractivity contribution < 1.29 is 0 Å². The van der Waals surface area contributed by atoms with Crippen molar-refractivity contribution in [3.63, 3.8) is 0 Å². The van der Waals surface area contributed by atoms with E-state index in [-0.39, 0.29) is 5.41 Å². The van der Waals surface area contributed by atoms with E-state index in [1.807, 2.05) is 11.8 Å². The first-order chi connectivity index (χ1) is 15.6. The Morgan fingerprint density at radius 3 is 1.94 bits per heavy atom. The van der Waals surface area contributed by atoms with Gasteiger partial charge in [-0.25, -0.2) is 0 Å². The summed E-state index contributed by atoms with van der Waals surface area (Å²) in [5, 5.41) is 2.54. The zero-order valence-electron chi connectivity index (χ0n) is 17.7. The highest BCUT2D eigenvalue weighted by Crippen LogP contribution is 2.54. The van der Waals surface area contributed by atoms with Gasteiger partial charge in [0.05, 0.1) is 0 Å². The molecule has 1 aliphatic heterocycles. The standard InChI is InChI=1S/C30H21BrS/c1-30(25-10-4-6-12-28(25)32-29-13-7-5-11-26(29)30)27-19-23(31)16-17-24(27)22-15-14-20-8-2-3-9-21(20)18-22/h2-19H,1H3. The van der Waals surface area contributed by atoms with Gasteiger partial charge in [-0.1, -0.05) is 107 Å². The molecule has 1 aliphatic rings. The minimum Gasteiger partial charge on any atom is -0.0894 e. The fraction of sp³-hybridized carbons (Fsp3) is 0.0667. The molecule has 0 atom stereocenters. The van der Waals surface area contributed by atoms with Gasteiger partial charge in [-0.2, -0.15) is 0 Å². The summed E-state index contributed by atoms with van der Waals surface area (Å²) in [5.41, 5.74) is 6.32. The summed E-state index contributed by atoms with van der Waals surface area (Å²) in [7, 11) is 0. The van der Waals surface area contributed by atoms with Crippen molar-refractivity contribution in [2.75, 3.05) is 0 Å². The van der Waals surface area contributed by atoms with E-state index in [4.69, 9.17) is 0 Å². The molecule has 0 N–H and O–H groups in total. The minimum atomic E-state index is -0.261. The highest BCUT2D eigenvalue weighted by molar-refractivity contribution is 9.10. The van der Waals surface area contributed by atoms with Gasteiger partial charge in [0.2, 0.25) is 0 Å². The highest BCUT2D eigenvalue weighted by Gasteiger charge is 2.40. The van der Waals surface area contributed by atoms with Gasteiger partial charge in [-0.3, -0.25) is 0 Å².